The minimum Gasteiger partial charge on any atom is -0.493 e. The molecule has 0 aromatic heterocycles. The minimum absolute atomic E-state index is 0.00220. The van der Waals surface area contributed by atoms with Crippen molar-refractivity contribution in [1.29, 1.82) is 0 Å². The van der Waals surface area contributed by atoms with Crippen LogP contribution in [-0.4, -0.2) is 114 Å². The number of nitro groups is 2. The Hall–Kier alpha value is -4.79. The van der Waals surface area contributed by atoms with Gasteiger partial charge in [-0.25, -0.2) is 0 Å². The van der Waals surface area contributed by atoms with E-state index in [1.807, 2.05) is 0 Å². The van der Waals surface area contributed by atoms with E-state index in [-0.39, 0.29) is 89.0 Å². The lowest BCUT2D eigenvalue weighted by Gasteiger charge is -2.38. The number of rotatable bonds is 18. The first-order valence-electron chi connectivity index (χ1n) is 20.4. The molecule has 1 unspecified atom stereocenters. The molecule has 2 aromatic rings. The summed E-state index contributed by atoms with van der Waals surface area (Å²) in [5.74, 6) is -0.745. The van der Waals surface area contributed by atoms with Gasteiger partial charge in [0, 0.05) is 31.6 Å². The Morgan fingerprint density at radius 1 is 0.672 bits per heavy atom. The van der Waals surface area contributed by atoms with Crippen LogP contribution in [0.3, 0.4) is 0 Å². The highest BCUT2D eigenvalue weighted by Crippen LogP contribution is 2.41. The normalized spacial score (nSPS) is 17.4. The number of hydrogen-bond donors (Lipinski definition) is 0. The van der Waals surface area contributed by atoms with Gasteiger partial charge in [0.05, 0.1) is 74.7 Å². The Morgan fingerprint density at radius 2 is 1.02 bits per heavy atom. The molecule has 336 valence electrons. The summed E-state index contributed by atoms with van der Waals surface area (Å²) in [4.78, 5) is 54.5. The lowest BCUT2D eigenvalue weighted by atomic mass is 10.1. The number of likely N-dealkylation sites (tertiary alicyclic amines) is 2. The van der Waals surface area contributed by atoms with Crippen molar-refractivity contribution < 1.29 is 47.2 Å². The molecule has 2 amide bonds. The molecule has 2 fully saturated rings. The van der Waals surface area contributed by atoms with Gasteiger partial charge in [0.15, 0.2) is 39.6 Å². The van der Waals surface area contributed by atoms with E-state index in [1.165, 1.54) is 38.5 Å². The quantitative estimate of drug-likeness (QED) is 0.0456. The van der Waals surface area contributed by atoms with Gasteiger partial charge in [-0.1, -0.05) is 65.8 Å². The second-order valence-electron chi connectivity index (χ2n) is 18.8. The molecule has 2 saturated heterocycles. The van der Waals surface area contributed by atoms with Crippen molar-refractivity contribution in [3.8, 4) is 23.0 Å². The number of carbonyl (C=O) groups excluding carboxylic acids is 2. The topological polar surface area (TPSA) is 182 Å². The van der Waals surface area contributed by atoms with E-state index in [9.17, 15) is 29.8 Å². The fourth-order valence-corrected chi connectivity index (χ4v) is 8.68. The summed E-state index contributed by atoms with van der Waals surface area (Å²) in [6, 6.07) is 4.30. The molecule has 0 N–H and O–H groups in total. The van der Waals surface area contributed by atoms with Crippen molar-refractivity contribution in [3.63, 3.8) is 0 Å². The van der Waals surface area contributed by atoms with Crippen LogP contribution in [0.5, 0.6) is 23.0 Å². The van der Waals surface area contributed by atoms with E-state index in [0.717, 1.165) is 11.1 Å². The number of carbonyl (C=O) groups is 2. The molecule has 2 atom stereocenters. The van der Waals surface area contributed by atoms with Crippen molar-refractivity contribution in [2.24, 2.45) is 0 Å². The maximum Gasteiger partial charge on any atom is 0.286 e. The Labute approximate surface area is 361 Å². The molecule has 2 aliphatic rings. The van der Waals surface area contributed by atoms with Crippen LogP contribution < -0.4 is 18.9 Å². The Kier molecular flexibility index (Phi) is 15.3. The van der Waals surface area contributed by atoms with Crippen LogP contribution in [0.2, 0.25) is 36.3 Å². The van der Waals surface area contributed by atoms with Gasteiger partial charge in [-0.2, -0.15) is 0 Å². The number of ether oxygens (including phenoxy) is 4. The molecule has 0 aliphatic carbocycles. The average Bonchev–Trinajstić information content (AvgIpc) is 3.74. The van der Waals surface area contributed by atoms with Gasteiger partial charge in [-0.15, -0.1) is 0 Å². The summed E-state index contributed by atoms with van der Waals surface area (Å²) in [5.41, 5.74) is 0.470. The predicted octanol–water partition coefficient (Wildman–Crippen LogP) is 8.95. The van der Waals surface area contributed by atoms with Crippen LogP contribution in [-0.2, 0) is 8.85 Å². The SMILES string of the molecule is C=C1CC(CO[Si](C)(C)C(C)(C)C)N(C(=O)c2cc(OC)c(OCCCOc3cc([N+](=O)[O-])c(C(=O)N4CC(=C)C[C@H]4CO[Si](C)(C)C(C)(C)C)cc3OC)cc2[N+](=O)[O-])C1. The van der Waals surface area contributed by atoms with Crippen LogP contribution in [0, 0.1) is 20.2 Å². The average molecular weight is 885 g/mol. The second kappa shape index (κ2) is 19.1. The fourth-order valence-electron chi connectivity index (χ4n) is 6.59. The summed E-state index contributed by atoms with van der Waals surface area (Å²) in [7, 11) is -1.54. The molecule has 2 aliphatic heterocycles. The molecule has 16 nitrogen and oxygen atoms in total. The summed E-state index contributed by atoms with van der Waals surface area (Å²) in [5, 5.41) is 24.6. The van der Waals surface area contributed by atoms with Gasteiger partial charge >= 0.3 is 0 Å². The smallest absolute Gasteiger partial charge is 0.286 e. The molecule has 0 bridgehead atoms. The third-order valence-corrected chi connectivity index (χ3v) is 21.3. The first-order chi connectivity index (χ1) is 28.2. The standard InChI is InChI=1S/C43H64N4O12Si2/c1-28-18-30(26-58-60(11,12)42(3,4)5)44(24-28)40(48)32-20-36(54-9)38(22-34(32)46(50)51)56-16-15-17-57-39-23-35(47(52)53)33(21-37(39)55-10)41(49)45-25-29(2)19-31(45)27-59-61(13,14)43(6,7)8/h20-23,30-31H,1-2,15-19,24-27H2,3-14H3/t30-,31?/m0/s1. The second-order valence-corrected chi connectivity index (χ2v) is 28.4. The van der Waals surface area contributed by atoms with Crippen molar-refractivity contribution in [2.45, 2.75) is 109 Å². The van der Waals surface area contributed by atoms with Crippen LogP contribution in [0.15, 0.2) is 48.6 Å². The summed E-state index contributed by atoms with van der Waals surface area (Å²) >= 11 is 0. The van der Waals surface area contributed by atoms with Crippen molar-refractivity contribution >= 4 is 39.8 Å². The van der Waals surface area contributed by atoms with E-state index in [2.05, 4.69) is 80.9 Å². The lowest BCUT2D eigenvalue weighted by Crippen LogP contribution is -2.46. The van der Waals surface area contributed by atoms with Crippen LogP contribution in [0.25, 0.3) is 0 Å². The summed E-state index contributed by atoms with van der Waals surface area (Å²) in [6.07, 6.45) is 1.28. The van der Waals surface area contributed by atoms with E-state index in [4.69, 9.17) is 27.8 Å². The molecule has 2 aromatic carbocycles. The fraction of sp³-hybridized carbons (Fsp3) is 0.581. The molecule has 61 heavy (non-hydrogen) atoms. The molecular formula is C43H64N4O12Si2. The van der Waals surface area contributed by atoms with Gasteiger partial charge < -0.3 is 37.6 Å². The Bertz CT molecular complexity index is 1880. The zero-order chi connectivity index (χ0) is 45.8. The highest BCUT2D eigenvalue weighted by atomic mass is 28.4. The Morgan fingerprint density at radius 3 is 1.31 bits per heavy atom. The maximum atomic E-state index is 14.0. The zero-order valence-electron chi connectivity index (χ0n) is 37.9. The van der Waals surface area contributed by atoms with Gasteiger partial charge in [0.25, 0.3) is 23.2 Å². The minimum atomic E-state index is -2.14. The monoisotopic (exact) mass is 884 g/mol. The van der Waals surface area contributed by atoms with Crippen molar-refractivity contribution in [2.75, 3.05) is 53.7 Å². The van der Waals surface area contributed by atoms with Crippen LogP contribution in [0.4, 0.5) is 11.4 Å². The third kappa shape index (κ3) is 11.4. The van der Waals surface area contributed by atoms with Gasteiger partial charge in [-0.3, -0.25) is 29.8 Å². The van der Waals surface area contributed by atoms with Crippen molar-refractivity contribution in [3.05, 3.63) is 79.9 Å². The van der Waals surface area contributed by atoms with E-state index in [0.29, 0.717) is 26.1 Å². The Balaban J connectivity index is 1.46. The molecule has 4 rings (SSSR count). The molecular weight excluding hydrogens is 821 g/mol. The lowest BCUT2D eigenvalue weighted by molar-refractivity contribution is -0.385. The number of benzene rings is 2. The van der Waals surface area contributed by atoms with Gasteiger partial charge in [0.2, 0.25) is 0 Å². The highest BCUT2D eigenvalue weighted by molar-refractivity contribution is 6.74. The molecule has 0 spiro atoms. The summed E-state index contributed by atoms with van der Waals surface area (Å²) < 4.78 is 35.7. The van der Waals surface area contributed by atoms with Crippen LogP contribution in [0.1, 0.15) is 81.5 Å². The van der Waals surface area contributed by atoms with E-state index < -0.39 is 49.7 Å². The van der Waals surface area contributed by atoms with Gasteiger partial charge in [0.1, 0.15) is 11.1 Å². The number of amides is 2. The molecule has 2 heterocycles. The van der Waals surface area contributed by atoms with E-state index in [1.54, 1.807) is 9.80 Å². The molecule has 0 radical (unpaired) electrons. The molecule has 18 heteroatoms. The zero-order valence-corrected chi connectivity index (χ0v) is 39.9. The third-order valence-electron chi connectivity index (χ3n) is 12.3. The van der Waals surface area contributed by atoms with E-state index >= 15 is 0 Å². The largest absolute Gasteiger partial charge is 0.493 e. The number of nitro benzene ring substituents is 2. The summed E-state index contributed by atoms with van der Waals surface area (Å²) in [6.45, 7) is 30.5. The van der Waals surface area contributed by atoms with Crippen molar-refractivity contribution in [1.82, 2.24) is 9.80 Å². The maximum absolute atomic E-state index is 14.0. The number of nitrogens with zero attached hydrogens (tertiary/aromatic N) is 4. The van der Waals surface area contributed by atoms with Gasteiger partial charge in [-0.05, 0) is 49.1 Å². The first-order valence-corrected chi connectivity index (χ1v) is 26.3. The first kappa shape index (κ1) is 48.9. The number of hydrogen-bond acceptors (Lipinski definition) is 12. The highest BCUT2D eigenvalue weighted by Gasteiger charge is 2.42. The predicted molar refractivity (Wildman–Crippen MR) is 238 cm³/mol. The van der Waals surface area contributed by atoms with Crippen LogP contribution >= 0.6 is 0 Å². The number of methoxy groups -OCH3 is 2. The molecule has 0 saturated carbocycles.